The summed E-state index contributed by atoms with van der Waals surface area (Å²) in [6, 6.07) is 0. The average Bonchev–Trinajstić information content (AvgIpc) is 2.94. The van der Waals surface area contributed by atoms with E-state index < -0.39 is 24.5 Å². The number of nitrogens with zero attached hydrogens (tertiary/aromatic N) is 3. The van der Waals surface area contributed by atoms with E-state index in [2.05, 4.69) is 37.5 Å². The lowest BCUT2D eigenvalue weighted by Gasteiger charge is -2.16. The van der Waals surface area contributed by atoms with Crippen LogP contribution < -0.4 is 5.56 Å². The Morgan fingerprint density at radius 1 is 1.42 bits per heavy atom. The summed E-state index contributed by atoms with van der Waals surface area (Å²) in [5.74, 6) is 0. The molecule has 0 bridgehead atoms. The van der Waals surface area contributed by atoms with E-state index in [-0.39, 0.29) is 11.1 Å². The van der Waals surface area contributed by atoms with E-state index >= 15 is 0 Å². The summed E-state index contributed by atoms with van der Waals surface area (Å²) in [6.07, 6.45) is -0.673. The Hall–Kier alpha value is -1.04. The normalized spacial score (nSPS) is 31.1. The molecule has 0 spiro atoms. The smallest absolute Gasteiger partial charge is 0.278 e. The van der Waals surface area contributed by atoms with Gasteiger partial charge in [0.1, 0.15) is 12.2 Å². The Balaban J connectivity index is 2.06. The molecule has 2 aromatic rings. The molecule has 4 unspecified atom stereocenters. The maximum Gasteiger partial charge on any atom is 0.278 e. The zero-order valence-electron chi connectivity index (χ0n) is 9.60. The third kappa shape index (κ3) is 1.96. The van der Waals surface area contributed by atoms with Crippen molar-refractivity contribution in [3.63, 3.8) is 0 Å². The molecule has 0 aliphatic carbocycles. The Bertz CT molecular complexity index is 656. The van der Waals surface area contributed by atoms with Crippen molar-refractivity contribution in [3.05, 3.63) is 23.0 Å². The molecule has 8 nitrogen and oxygen atoms in total. The largest absolute Gasteiger partial charge is 0.387 e. The minimum Gasteiger partial charge on any atom is -0.387 e. The second-order valence-corrected chi connectivity index (χ2v) is 5.14. The molecule has 9 heteroatoms. The van der Waals surface area contributed by atoms with Gasteiger partial charge in [-0.1, -0.05) is 22.6 Å². The fourth-order valence-electron chi connectivity index (χ4n) is 2.14. The summed E-state index contributed by atoms with van der Waals surface area (Å²) in [4.78, 5) is 22.0. The van der Waals surface area contributed by atoms with Crippen LogP contribution in [0.25, 0.3) is 11.2 Å². The SMILES string of the molecule is O=c1[nH]cnc2c1ncn2C1OC(CI)C(O)C1O. The maximum atomic E-state index is 11.5. The number of alkyl halides is 1. The molecule has 1 aliphatic rings. The van der Waals surface area contributed by atoms with Crippen molar-refractivity contribution in [2.24, 2.45) is 0 Å². The number of hydrogen-bond donors (Lipinski definition) is 3. The maximum absolute atomic E-state index is 11.5. The van der Waals surface area contributed by atoms with Crippen LogP contribution in [0.2, 0.25) is 0 Å². The molecular formula is C10H11IN4O4. The van der Waals surface area contributed by atoms with Gasteiger partial charge in [-0.15, -0.1) is 0 Å². The van der Waals surface area contributed by atoms with Crippen molar-refractivity contribution in [3.8, 4) is 0 Å². The highest BCUT2D eigenvalue weighted by molar-refractivity contribution is 14.1. The summed E-state index contributed by atoms with van der Waals surface area (Å²) in [6.45, 7) is 0. The number of aliphatic hydroxyl groups excluding tert-OH is 2. The van der Waals surface area contributed by atoms with Crippen molar-refractivity contribution in [1.82, 2.24) is 19.5 Å². The lowest BCUT2D eigenvalue weighted by molar-refractivity contribution is -0.0283. The Kier molecular flexibility index (Phi) is 3.28. The monoisotopic (exact) mass is 378 g/mol. The highest BCUT2D eigenvalue weighted by Crippen LogP contribution is 2.31. The molecule has 0 saturated carbocycles. The molecule has 0 radical (unpaired) electrons. The number of H-pyrrole nitrogens is 1. The first kappa shape index (κ1) is 13.0. The van der Waals surface area contributed by atoms with Gasteiger partial charge >= 0.3 is 0 Å². The lowest BCUT2D eigenvalue weighted by atomic mass is 10.1. The molecule has 3 N–H and O–H groups in total. The minimum absolute atomic E-state index is 0.172. The highest BCUT2D eigenvalue weighted by Gasteiger charge is 2.43. The van der Waals surface area contributed by atoms with Crippen LogP contribution in [0.4, 0.5) is 0 Å². The van der Waals surface area contributed by atoms with Gasteiger partial charge in [0.25, 0.3) is 5.56 Å². The Morgan fingerprint density at radius 2 is 2.21 bits per heavy atom. The number of fused-ring (bicyclic) bond motifs is 1. The van der Waals surface area contributed by atoms with Gasteiger partial charge in [-0.3, -0.25) is 9.36 Å². The molecule has 102 valence electrons. The zero-order valence-corrected chi connectivity index (χ0v) is 11.8. The number of rotatable bonds is 2. The van der Waals surface area contributed by atoms with Gasteiger partial charge < -0.3 is 19.9 Å². The molecular weight excluding hydrogens is 367 g/mol. The van der Waals surface area contributed by atoms with Crippen molar-refractivity contribution in [1.29, 1.82) is 0 Å². The molecule has 1 fully saturated rings. The first-order chi connectivity index (χ1) is 9.13. The van der Waals surface area contributed by atoms with Crippen LogP contribution in [0.3, 0.4) is 0 Å². The summed E-state index contributed by atoms with van der Waals surface area (Å²) < 4.78 is 7.60. The molecule has 3 rings (SSSR count). The van der Waals surface area contributed by atoms with Crippen molar-refractivity contribution >= 4 is 33.8 Å². The predicted molar refractivity (Wildman–Crippen MR) is 73.0 cm³/mol. The van der Waals surface area contributed by atoms with Gasteiger partial charge in [-0.05, 0) is 0 Å². The van der Waals surface area contributed by atoms with E-state index in [1.54, 1.807) is 0 Å². The predicted octanol–water partition coefficient (Wildman–Crippen LogP) is -0.826. The first-order valence-corrected chi connectivity index (χ1v) is 7.14. The van der Waals surface area contributed by atoms with E-state index in [0.29, 0.717) is 10.1 Å². The molecule has 0 amide bonds. The third-order valence-electron chi connectivity index (χ3n) is 3.13. The van der Waals surface area contributed by atoms with Crippen LogP contribution in [-0.4, -0.2) is 52.5 Å². The Labute approximate surface area is 120 Å². The second kappa shape index (κ2) is 4.81. The van der Waals surface area contributed by atoms with Gasteiger partial charge in [0, 0.05) is 4.43 Å². The highest BCUT2D eigenvalue weighted by atomic mass is 127. The van der Waals surface area contributed by atoms with Crippen LogP contribution in [0.1, 0.15) is 6.23 Å². The van der Waals surface area contributed by atoms with Crippen molar-refractivity contribution < 1.29 is 14.9 Å². The van der Waals surface area contributed by atoms with Crippen LogP contribution in [0.5, 0.6) is 0 Å². The van der Waals surface area contributed by atoms with Crippen LogP contribution in [0.15, 0.2) is 17.4 Å². The standard InChI is InChI=1S/C10H11IN4O4/c11-1-4-6(16)7(17)10(19-4)15-3-14-5-8(15)12-2-13-9(5)18/h2-4,6-7,10,16-17H,1H2,(H,12,13,18). The van der Waals surface area contributed by atoms with Crippen LogP contribution in [0, 0.1) is 0 Å². The summed E-state index contributed by atoms with van der Waals surface area (Å²) in [5, 5.41) is 19.9. The minimum atomic E-state index is -1.08. The van der Waals surface area contributed by atoms with E-state index in [4.69, 9.17) is 4.74 Å². The number of nitrogens with one attached hydrogen (secondary N) is 1. The second-order valence-electron chi connectivity index (χ2n) is 4.26. The topological polar surface area (TPSA) is 113 Å². The molecule has 4 atom stereocenters. The molecule has 19 heavy (non-hydrogen) atoms. The number of imidazole rings is 1. The fraction of sp³-hybridized carbons (Fsp3) is 0.500. The molecule has 0 aromatic carbocycles. The molecule has 1 aliphatic heterocycles. The fourth-order valence-corrected chi connectivity index (χ4v) is 2.86. The number of halogens is 1. The number of aliphatic hydroxyl groups is 2. The average molecular weight is 378 g/mol. The first-order valence-electron chi connectivity index (χ1n) is 5.61. The van der Waals surface area contributed by atoms with Crippen molar-refractivity contribution in [2.75, 3.05) is 4.43 Å². The van der Waals surface area contributed by atoms with E-state index in [9.17, 15) is 15.0 Å². The quantitative estimate of drug-likeness (QED) is 0.465. The van der Waals surface area contributed by atoms with Gasteiger partial charge in [0.05, 0.1) is 18.8 Å². The van der Waals surface area contributed by atoms with Gasteiger partial charge in [0.2, 0.25) is 0 Å². The number of aromatic amines is 1. The molecule has 3 heterocycles. The van der Waals surface area contributed by atoms with E-state index in [1.165, 1.54) is 17.2 Å². The Morgan fingerprint density at radius 3 is 2.89 bits per heavy atom. The zero-order chi connectivity index (χ0) is 13.6. The summed E-state index contributed by atoms with van der Waals surface area (Å²) in [5.41, 5.74) is 0.127. The molecule has 1 saturated heterocycles. The van der Waals surface area contributed by atoms with Crippen molar-refractivity contribution in [2.45, 2.75) is 24.5 Å². The summed E-state index contributed by atoms with van der Waals surface area (Å²) in [7, 11) is 0. The number of aromatic nitrogens is 4. The van der Waals surface area contributed by atoms with E-state index in [1.807, 2.05) is 0 Å². The molecule has 2 aromatic heterocycles. The third-order valence-corrected chi connectivity index (χ3v) is 4.00. The summed E-state index contributed by atoms with van der Waals surface area (Å²) >= 11 is 2.07. The number of hydrogen-bond acceptors (Lipinski definition) is 6. The van der Waals surface area contributed by atoms with Crippen LogP contribution >= 0.6 is 22.6 Å². The lowest BCUT2D eigenvalue weighted by Crippen LogP contribution is -2.32. The van der Waals surface area contributed by atoms with Crippen LogP contribution in [-0.2, 0) is 4.74 Å². The van der Waals surface area contributed by atoms with Gasteiger partial charge in [-0.25, -0.2) is 9.97 Å². The van der Waals surface area contributed by atoms with E-state index in [0.717, 1.165) is 0 Å². The van der Waals surface area contributed by atoms with Gasteiger partial charge in [0.15, 0.2) is 17.4 Å². The number of ether oxygens (including phenoxy) is 1. The van der Waals surface area contributed by atoms with Gasteiger partial charge in [-0.2, -0.15) is 0 Å².